The van der Waals surface area contributed by atoms with Crippen molar-refractivity contribution < 1.29 is 12.8 Å². The Kier molecular flexibility index (Phi) is 4.10. The number of hydrogen-bond acceptors (Lipinski definition) is 5. The molecule has 132 valence electrons. The highest BCUT2D eigenvalue weighted by molar-refractivity contribution is 7.89. The highest BCUT2D eigenvalue weighted by Gasteiger charge is 2.25. The van der Waals surface area contributed by atoms with E-state index in [4.69, 9.17) is 4.42 Å². The van der Waals surface area contributed by atoms with Crippen molar-refractivity contribution in [3.8, 4) is 11.3 Å². The molecule has 1 aromatic carbocycles. The highest BCUT2D eigenvalue weighted by atomic mass is 32.2. The number of rotatable bonds is 5. The van der Waals surface area contributed by atoms with Gasteiger partial charge in [-0.3, -0.25) is 4.98 Å². The number of furan rings is 1. The van der Waals surface area contributed by atoms with E-state index in [9.17, 15) is 8.42 Å². The molecule has 6 nitrogen and oxygen atoms in total. The smallest absolute Gasteiger partial charge is 0.301 e. The van der Waals surface area contributed by atoms with E-state index in [0.717, 1.165) is 16.5 Å². The van der Waals surface area contributed by atoms with Gasteiger partial charge in [-0.2, -0.15) is 8.42 Å². The van der Waals surface area contributed by atoms with Crippen LogP contribution in [0.15, 0.2) is 76.6 Å². The number of benzene rings is 1. The minimum absolute atomic E-state index is 0.0828. The molecule has 0 unspecified atom stereocenters. The molecule has 0 aliphatic rings. The maximum Gasteiger partial charge on any atom is 0.301 e. The SMILES string of the molecule is CNCc1cc(-c2ccncc2)n(S(=O)(=O)c2cc3ccccc3o2)c1. The Morgan fingerprint density at radius 2 is 1.88 bits per heavy atom. The first-order chi connectivity index (χ1) is 12.6. The number of nitrogens with zero attached hydrogens (tertiary/aromatic N) is 2. The van der Waals surface area contributed by atoms with Crippen LogP contribution in [-0.2, 0) is 16.6 Å². The predicted octanol–water partition coefficient (Wildman–Crippen LogP) is 3.25. The zero-order chi connectivity index (χ0) is 18.1. The Labute approximate surface area is 151 Å². The summed E-state index contributed by atoms with van der Waals surface area (Å²) in [6, 6.07) is 14.2. The summed E-state index contributed by atoms with van der Waals surface area (Å²) >= 11 is 0. The van der Waals surface area contributed by atoms with Gasteiger partial charge in [-0.25, -0.2) is 3.97 Å². The normalized spacial score (nSPS) is 11.9. The standard InChI is InChI=1S/C19H17N3O3S/c1-20-12-14-10-17(15-6-8-21-9-7-15)22(13-14)26(23,24)19-11-16-4-2-3-5-18(16)25-19/h2-11,13,20H,12H2,1H3. The molecule has 0 atom stereocenters. The second kappa shape index (κ2) is 6.44. The van der Waals surface area contributed by atoms with Gasteiger partial charge >= 0.3 is 10.0 Å². The third kappa shape index (κ3) is 2.81. The molecular formula is C19H17N3O3S. The van der Waals surface area contributed by atoms with Gasteiger partial charge in [0.1, 0.15) is 5.58 Å². The number of nitrogens with one attached hydrogen (secondary N) is 1. The van der Waals surface area contributed by atoms with Crippen LogP contribution in [0.1, 0.15) is 5.56 Å². The summed E-state index contributed by atoms with van der Waals surface area (Å²) in [5.41, 5.74) is 2.73. The second-order valence-electron chi connectivity index (χ2n) is 5.90. The maximum absolute atomic E-state index is 13.2. The van der Waals surface area contributed by atoms with E-state index in [0.29, 0.717) is 17.8 Å². The van der Waals surface area contributed by atoms with Crippen LogP contribution in [-0.4, -0.2) is 24.4 Å². The molecule has 0 saturated carbocycles. The van der Waals surface area contributed by atoms with Crippen LogP contribution in [0.4, 0.5) is 0 Å². The molecule has 0 bridgehead atoms. The fourth-order valence-electron chi connectivity index (χ4n) is 2.91. The van der Waals surface area contributed by atoms with E-state index >= 15 is 0 Å². The summed E-state index contributed by atoms with van der Waals surface area (Å²) in [6.07, 6.45) is 4.89. The van der Waals surface area contributed by atoms with Crippen molar-refractivity contribution in [2.45, 2.75) is 11.6 Å². The molecule has 1 N–H and O–H groups in total. The topological polar surface area (TPSA) is 77.1 Å². The third-order valence-corrected chi connectivity index (χ3v) is 5.65. The van der Waals surface area contributed by atoms with Crippen LogP contribution in [0.2, 0.25) is 0 Å². The number of para-hydroxylation sites is 1. The summed E-state index contributed by atoms with van der Waals surface area (Å²) in [7, 11) is -2.06. The lowest BCUT2D eigenvalue weighted by Gasteiger charge is -2.08. The highest BCUT2D eigenvalue weighted by Crippen LogP contribution is 2.29. The van der Waals surface area contributed by atoms with Crippen molar-refractivity contribution in [2.75, 3.05) is 7.05 Å². The van der Waals surface area contributed by atoms with Crippen molar-refractivity contribution in [2.24, 2.45) is 0 Å². The molecule has 0 amide bonds. The molecule has 4 rings (SSSR count). The molecule has 0 radical (unpaired) electrons. The average molecular weight is 367 g/mol. The summed E-state index contributed by atoms with van der Waals surface area (Å²) in [6.45, 7) is 0.556. The van der Waals surface area contributed by atoms with E-state index in [1.54, 1.807) is 42.9 Å². The molecule has 0 saturated heterocycles. The zero-order valence-corrected chi connectivity index (χ0v) is 14.9. The fourth-order valence-corrected chi connectivity index (χ4v) is 4.27. The Morgan fingerprint density at radius 3 is 2.62 bits per heavy atom. The monoisotopic (exact) mass is 367 g/mol. The van der Waals surface area contributed by atoms with Crippen molar-refractivity contribution in [1.82, 2.24) is 14.3 Å². The van der Waals surface area contributed by atoms with Crippen molar-refractivity contribution in [3.63, 3.8) is 0 Å². The van der Waals surface area contributed by atoms with Crippen LogP contribution in [0.3, 0.4) is 0 Å². The summed E-state index contributed by atoms with van der Waals surface area (Å²) in [4.78, 5) is 4.00. The molecule has 4 aromatic rings. The molecular weight excluding hydrogens is 350 g/mol. The predicted molar refractivity (Wildman–Crippen MR) is 99.2 cm³/mol. The Morgan fingerprint density at radius 1 is 1.12 bits per heavy atom. The van der Waals surface area contributed by atoms with Gasteiger partial charge in [-0.05, 0) is 36.9 Å². The van der Waals surface area contributed by atoms with Crippen molar-refractivity contribution >= 4 is 21.0 Å². The third-order valence-electron chi connectivity index (χ3n) is 4.12. The minimum atomic E-state index is -3.88. The molecule has 7 heteroatoms. The second-order valence-corrected chi connectivity index (χ2v) is 7.65. The van der Waals surface area contributed by atoms with E-state index in [1.807, 2.05) is 31.3 Å². The first-order valence-electron chi connectivity index (χ1n) is 8.10. The van der Waals surface area contributed by atoms with Crippen LogP contribution in [0, 0.1) is 0 Å². The lowest BCUT2D eigenvalue weighted by Crippen LogP contribution is -2.12. The number of fused-ring (bicyclic) bond motifs is 1. The van der Waals surface area contributed by atoms with Crippen molar-refractivity contribution in [3.05, 3.63) is 72.7 Å². The van der Waals surface area contributed by atoms with Gasteiger partial charge in [0, 0.05) is 42.2 Å². The summed E-state index contributed by atoms with van der Waals surface area (Å²) < 4.78 is 33.4. The molecule has 0 aliphatic carbocycles. The summed E-state index contributed by atoms with van der Waals surface area (Å²) in [5, 5.41) is 3.71. The van der Waals surface area contributed by atoms with Crippen molar-refractivity contribution in [1.29, 1.82) is 0 Å². The van der Waals surface area contributed by atoms with E-state index in [-0.39, 0.29) is 5.09 Å². The van der Waals surface area contributed by atoms with Gasteiger partial charge in [0.2, 0.25) is 5.09 Å². The zero-order valence-electron chi connectivity index (χ0n) is 14.1. The van der Waals surface area contributed by atoms with Crippen LogP contribution >= 0.6 is 0 Å². The molecule has 3 aromatic heterocycles. The Hall–Kier alpha value is -2.90. The largest absolute Gasteiger partial charge is 0.443 e. The van der Waals surface area contributed by atoms with E-state index in [1.165, 1.54) is 3.97 Å². The maximum atomic E-state index is 13.2. The van der Waals surface area contributed by atoms with Crippen LogP contribution < -0.4 is 5.32 Å². The van der Waals surface area contributed by atoms with E-state index < -0.39 is 10.0 Å². The molecule has 3 heterocycles. The first-order valence-corrected chi connectivity index (χ1v) is 9.54. The summed E-state index contributed by atoms with van der Waals surface area (Å²) in [5.74, 6) is 0. The number of pyridine rings is 1. The minimum Gasteiger partial charge on any atom is -0.443 e. The number of hydrogen-bond donors (Lipinski definition) is 1. The molecule has 0 fully saturated rings. The van der Waals surface area contributed by atoms with Crippen LogP contribution in [0.25, 0.3) is 22.2 Å². The van der Waals surface area contributed by atoms with Gasteiger partial charge in [0.25, 0.3) is 0 Å². The van der Waals surface area contributed by atoms with Gasteiger partial charge in [-0.1, -0.05) is 18.2 Å². The Balaban J connectivity index is 1.90. The molecule has 26 heavy (non-hydrogen) atoms. The molecule has 0 aliphatic heterocycles. The van der Waals surface area contributed by atoms with Gasteiger partial charge in [-0.15, -0.1) is 0 Å². The van der Waals surface area contributed by atoms with Gasteiger partial charge < -0.3 is 9.73 Å². The molecule has 0 spiro atoms. The van der Waals surface area contributed by atoms with Crippen LogP contribution in [0.5, 0.6) is 0 Å². The average Bonchev–Trinajstić information content (AvgIpc) is 3.28. The first kappa shape index (κ1) is 16.6. The number of aromatic nitrogens is 2. The van der Waals surface area contributed by atoms with Gasteiger partial charge in [0.05, 0.1) is 5.69 Å². The Bertz CT molecular complexity index is 1130. The lowest BCUT2D eigenvalue weighted by atomic mass is 10.2. The van der Waals surface area contributed by atoms with Gasteiger partial charge in [0.15, 0.2) is 0 Å². The fraction of sp³-hybridized carbons (Fsp3) is 0.105. The quantitative estimate of drug-likeness (QED) is 0.586. The lowest BCUT2D eigenvalue weighted by molar-refractivity contribution is 0.478. The van der Waals surface area contributed by atoms with E-state index in [2.05, 4.69) is 10.3 Å².